The van der Waals surface area contributed by atoms with Crippen molar-refractivity contribution >= 4 is 5.91 Å². The molecule has 28 heavy (non-hydrogen) atoms. The summed E-state index contributed by atoms with van der Waals surface area (Å²) in [5.41, 5.74) is 1.59. The average molecular weight is 380 g/mol. The highest BCUT2D eigenvalue weighted by molar-refractivity contribution is 5.76. The summed E-state index contributed by atoms with van der Waals surface area (Å²) in [7, 11) is 2.22. The Morgan fingerprint density at radius 3 is 2.50 bits per heavy atom. The third-order valence-electron chi connectivity index (χ3n) is 6.47. The number of nitrogens with zero attached hydrogens (tertiary/aromatic N) is 3. The first-order valence-electron chi connectivity index (χ1n) is 10.2. The van der Waals surface area contributed by atoms with Crippen molar-refractivity contribution in [2.24, 2.45) is 5.41 Å². The second-order valence-electron chi connectivity index (χ2n) is 8.56. The number of likely N-dealkylation sites (tertiary alicyclic amines) is 2. The predicted octanol–water partition coefficient (Wildman–Crippen LogP) is 2.58. The summed E-state index contributed by atoms with van der Waals surface area (Å²) in [6.45, 7) is 3.92. The van der Waals surface area contributed by atoms with Crippen LogP contribution in [0.2, 0.25) is 0 Å². The Bertz CT molecular complexity index is 869. The molecule has 0 saturated carbocycles. The van der Waals surface area contributed by atoms with E-state index in [1.807, 2.05) is 4.90 Å². The van der Waals surface area contributed by atoms with Gasteiger partial charge in [0, 0.05) is 38.4 Å². The van der Waals surface area contributed by atoms with E-state index in [2.05, 4.69) is 42.3 Å². The van der Waals surface area contributed by atoms with E-state index in [1.165, 1.54) is 22.6 Å². The molecule has 2 aromatic rings. The molecule has 5 heteroatoms. The second kappa shape index (κ2) is 7.92. The minimum Gasteiger partial charge on any atom is -0.341 e. The van der Waals surface area contributed by atoms with Gasteiger partial charge in [-0.15, -0.1) is 0 Å². The number of pyridine rings is 1. The molecule has 1 spiro atoms. The highest BCUT2D eigenvalue weighted by Gasteiger charge is 2.42. The Kier molecular flexibility index (Phi) is 5.36. The Morgan fingerprint density at radius 1 is 1.07 bits per heavy atom. The van der Waals surface area contributed by atoms with E-state index in [9.17, 15) is 9.59 Å². The van der Waals surface area contributed by atoms with Crippen LogP contribution in [0.5, 0.6) is 0 Å². The third kappa shape index (κ3) is 4.04. The molecule has 5 nitrogen and oxygen atoms in total. The molecule has 3 heterocycles. The summed E-state index contributed by atoms with van der Waals surface area (Å²) >= 11 is 0. The van der Waals surface area contributed by atoms with Gasteiger partial charge in [-0.3, -0.25) is 9.59 Å². The Hall–Kier alpha value is -2.40. The number of likely N-dealkylation sites (N-methyl/N-ethyl adjacent to an activating group) is 1. The number of carbonyl (C=O) groups excluding carboxylic acids is 1. The maximum atomic E-state index is 12.7. The van der Waals surface area contributed by atoms with Crippen molar-refractivity contribution in [3.8, 4) is 0 Å². The van der Waals surface area contributed by atoms with Crippen LogP contribution in [0.3, 0.4) is 0 Å². The molecule has 1 atom stereocenters. The van der Waals surface area contributed by atoms with Crippen LogP contribution in [0.1, 0.15) is 30.7 Å². The van der Waals surface area contributed by atoms with Crippen LogP contribution in [0, 0.1) is 5.41 Å². The summed E-state index contributed by atoms with van der Waals surface area (Å²) in [5.74, 6) is 0.608. The summed E-state index contributed by atoms with van der Waals surface area (Å²) in [6.07, 6.45) is 4.96. The minimum atomic E-state index is -0.121. The molecule has 4 rings (SSSR count). The predicted molar refractivity (Wildman–Crippen MR) is 110 cm³/mol. The number of aromatic nitrogens is 1. The van der Waals surface area contributed by atoms with E-state index in [1.54, 1.807) is 18.3 Å². The number of carbonyl (C=O) groups is 1. The fourth-order valence-electron chi connectivity index (χ4n) is 5.04. The molecule has 1 aromatic heterocycles. The maximum absolute atomic E-state index is 12.7. The largest absolute Gasteiger partial charge is 0.341 e. The van der Waals surface area contributed by atoms with Crippen molar-refractivity contribution in [3.63, 3.8) is 0 Å². The van der Waals surface area contributed by atoms with E-state index in [0.717, 1.165) is 39.0 Å². The first kappa shape index (κ1) is 18.9. The molecule has 0 bridgehead atoms. The Balaban J connectivity index is 1.40. The lowest BCUT2D eigenvalue weighted by molar-refractivity contribution is -0.135. The Labute approximate surface area is 166 Å². The molecule has 1 unspecified atom stereocenters. The summed E-state index contributed by atoms with van der Waals surface area (Å²) < 4.78 is 1.49. The lowest BCUT2D eigenvalue weighted by Gasteiger charge is -2.49. The Morgan fingerprint density at radius 2 is 1.79 bits per heavy atom. The summed E-state index contributed by atoms with van der Waals surface area (Å²) in [4.78, 5) is 29.0. The van der Waals surface area contributed by atoms with Crippen LogP contribution in [0.4, 0.5) is 0 Å². The van der Waals surface area contributed by atoms with Crippen LogP contribution in [0.15, 0.2) is 59.5 Å². The molecular weight excluding hydrogens is 350 g/mol. The van der Waals surface area contributed by atoms with Crippen molar-refractivity contribution in [1.82, 2.24) is 14.4 Å². The fourth-order valence-corrected chi connectivity index (χ4v) is 5.04. The van der Waals surface area contributed by atoms with E-state index < -0.39 is 0 Å². The molecule has 1 amide bonds. The molecule has 2 aliphatic rings. The zero-order chi connectivity index (χ0) is 19.6. The molecule has 0 N–H and O–H groups in total. The highest BCUT2D eigenvalue weighted by Crippen LogP contribution is 2.44. The van der Waals surface area contributed by atoms with Crippen molar-refractivity contribution in [3.05, 3.63) is 70.6 Å². The monoisotopic (exact) mass is 379 g/mol. The smallest absolute Gasteiger partial charge is 0.250 e. The van der Waals surface area contributed by atoms with Gasteiger partial charge in [0.2, 0.25) is 5.91 Å². The maximum Gasteiger partial charge on any atom is 0.250 e. The highest BCUT2D eigenvalue weighted by atomic mass is 16.2. The van der Waals surface area contributed by atoms with Crippen molar-refractivity contribution in [2.75, 3.05) is 33.2 Å². The molecule has 2 saturated heterocycles. The van der Waals surface area contributed by atoms with E-state index in [-0.39, 0.29) is 23.4 Å². The molecule has 0 aliphatic carbocycles. The van der Waals surface area contributed by atoms with Gasteiger partial charge in [0.25, 0.3) is 5.56 Å². The zero-order valence-electron chi connectivity index (χ0n) is 16.6. The number of hydrogen-bond acceptors (Lipinski definition) is 3. The summed E-state index contributed by atoms with van der Waals surface area (Å²) in [5, 5.41) is 0. The number of amides is 1. The van der Waals surface area contributed by atoms with Gasteiger partial charge >= 0.3 is 0 Å². The van der Waals surface area contributed by atoms with E-state index >= 15 is 0 Å². The van der Waals surface area contributed by atoms with Gasteiger partial charge in [-0.05, 0) is 49.3 Å². The van der Waals surface area contributed by atoms with Crippen LogP contribution >= 0.6 is 0 Å². The lowest BCUT2D eigenvalue weighted by atomic mass is 9.68. The first-order valence-corrected chi connectivity index (χ1v) is 10.2. The van der Waals surface area contributed by atoms with Gasteiger partial charge in [0.1, 0.15) is 6.54 Å². The molecule has 2 aliphatic heterocycles. The minimum absolute atomic E-state index is 0.0481. The van der Waals surface area contributed by atoms with Crippen molar-refractivity contribution < 1.29 is 4.79 Å². The average Bonchev–Trinajstić information content (AvgIpc) is 2.70. The van der Waals surface area contributed by atoms with Crippen molar-refractivity contribution in [2.45, 2.75) is 31.7 Å². The van der Waals surface area contributed by atoms with E-state index in [4.69, 9.17) is 0 Å². The van der Waals surface area contributed by atoms with Gasteiger partial charge < -0.3 is 14.4 Å². The van der Waals surface area contributed by atoms with Crippen LogP contribution in [-0.2, 0) is 11.3 Å². The second-order valence-corrected chi connectivity index (χ2v) is 8.56. The first-order chi connectivity index (χ1) is 13.5. The van der Waals surface area contributed by atoms with Crippen LogP contribution < -0.4 is 5.56 Å². The van der Waals surface area contributed by atoms with Crippen LogP contribution in [-0.4, -0.2) is 53.5 Å². The van der Waals surface area contributed by atoms with Crippen LogP contribution in [0.25, 0.3) is 0 Å². The van der Waals surface area contributed by atoms with Gasteiger partial charge in [-0.25, -0.2) is 0 Å². The molecular formula is C23H29N3O2. The lowest BCUT2D eigenvalue weighted by Crippen LogP contribution is -2.52. The number of benzene rings is 1. The summed E-state index contributed by atoms with van der Waals surface area (Å²) in [6, 6.07) is 15.8. The van der Waals surface area contributed by atoms with Gasteiger partial charge in [-0.2, -0.15) is 0 Å². The molecule has 148 valence electrons. The molecule has 0 radical (unpaired) electrons. The third-order valence-corrected chi connectivity index (χ3v) is 6.47. The topological polar surface area (TPSA) is 45.5 Å². The normalized spacial score (nSPS) is 22.3. The number of piperidine rings is 2. The van der Waals surface area contributed by atoms with Gasteiger partial charge in [0.15, 0.2) is 0 Å². The fraction of sp³-hybridized carbons (Fsp3) is 0.478. The quantitative estimate of drug-likeness (QED) is 0.823. The van der Waals surface area contributed by atoms with Gasteiger partial charge in [-0.1, -0.05) is 36.4 Å². The van der Waals surface area contributed by atoms with Gasteiger partial charge in [0.05, 0.1) is 0 Å². The standard InChI is InChI=1S/C23H29N3O2/c1-24-16-20(19-7-3-2-4-8-19)15-23(18-24)10-13-25(14-11-23)22(28)17-26-12-6-5-9-21(26)27/h2-9,12,20H,10-11,13-18H2,1H3. The molecule has 2 fully saturated rings. The SMILES string of the molecule is CN1CC(c2ccccc2)CC2(CCN(C(=O)Cn3ccccc3=O)CC2)C1. The van der Waals surface area contributed by atoms with E-state index in [0.29, 0.717) is 5.92 Å². The molecule has 1 aromatic carbocycles. The number of rotatable bonds is 3. The number of hydrogen-bond donors (Lipinski definition) is 0. The van der Waals surface area contributed by atoms with Crippen molar-refractivity contribution in [1.29, 1.82) is 0 Å². The zero-order valence-corrected chi connectivity index (χ0v) is 16.6.